The summed E-state index contributed by atoms with van der Waals surface area (Å²) in [6.07, 6.45) is 9.18. The van der Waals surface area contributed by atoms with Crippen molar-refractivity contribution in [3.8, 4) is 0 Å². The molecule has 0 amide bonds. The Bertz CT molecular complexity index is 383. The van der Waals surface area contributed by atoms with Gasteiger partial charge in [0.05, 0.1) is 4.88 Å². The number of nitrogens with zero attached hydrogens (tertiary/aromatic N) is 2. The molecule has 0 unspecified atom stereocenters. The minimum atomic E-state index is 0.774. The lowest BCUT2D eigenvalue weighted by atomic mass is 10.4. The molecule has 3 heteroatoms. The van der Waals surface area contributed by atoms with Crippen LogP contribution >= 0.6 is 11.3 Å². The van der Waals surface area contributed by atoms with Crippen LogP contribution in [-0.2, 0) is 0 Å². The average Bonchev–Trinajstić information content (AvgIpc) is 2.55. The molecule has 0 fully saturated rings. The third-order valence-corrected chi connectivity index (χ3v) is 2.40. The summed E-state index contributed by atoms with van der Waals surface area (Å²) in [6.45, 7) is 0. The van der Waals surface area contributed by atoms with Crippen LogP contribution in [-0.4, -0.2) is 12.1 Å². The monoisotopic (exact) mass is 188 g/mol. The van der Waals surface area contributed by atoms with Gasteiger partial charge >= 0.3 is 0 Å². The van der Waals surface area contributed by atoms with E-state index in [1.165, 1.54) is 0 Å². The van der Waals surface area contributed by atoms with Gasteiger partial charge in [-0.3, -0.25) is 0 Å². The molecule has 64 valence electrons. The lowest BCUT2D eigenvalue weighted by Crippen LogP contribution is -1.93. The molecule has 1 aromatic rings. The summed E-state index contributed by atoms with van der Waals surface area (Å²) >= 11 is 1.64. The van der Waals surface area contributed by atoms with Crippen LogP contribution in [0.1, 0.15) is 4.88 Å². The highest BCUT2D eigenvalue weighted by molar-refractivity contribution is 7.12. The second-order valence-electron chi connectivity index (χ2n) is 2.43. The van der Waals surface area contributed by atoms with Gasteiger partial charge in [-0.15, -0.1) is 11.3 Å². The van der Waals surface area contributed by atoms with Crippen molar-refractivity contribution in [1.82, 2.24) is 0 Å². The molecule has 0 atom stereocenters. The molecule has 2 nitrogen and oxygen atoms in total. The molecule has 1 aromatic heterocycles. The van der Waals surface area contributed by atoms with E-state index in [2.05, 4.69) is 9.98 Å². The average molecular weight is 188 g/mol. The lowest BCUT2D eigenvalue weighted by molar-refractivity contribution is 1.49. The highest BCUT2D eigenvalue weighted by Crippen LogP contribution is 2.11. The van der Waals surface area contributed by atoms with Crippen LogP contribution in [0.5, 0.6) is 0 Å². The van der Waals surface area contributed by atoms with E-state index in [1.54, 1.807) is 23.8 Å². The summed E-state index contributed by atoms with van der Waals surface area (Å²) in [5.74, 6) is 0.774. The first-order chi connectivity index (χ1) is 6.47. The minimum Gasteiger partial charge on any atom is -0.236 e. The Labute approximate surface area is 80.7 Å². The molecule has 2 heterocycles. The first-order valence-electron chi connectivity index (χ1n) is 3.94. The molecule has 0 N–H and O–H groups in total. The van der Waals surface area contributed by atoms with Gasteiger partial charge in [0.1, 0.15) is 0 Å². The summed E-state index contributed by atoms with van der Waals surface area (Å²) in [7, 11) is 0. The number of hydrogen-bond acceptors (Lipinski definition) is 3. The Morgan fingerprint density at radius 3 is 3.00 bits per heavy atom. The molecule has 0 saturated heterocycles. The summed E-state index contributed by atoms with van der Waals surface area (Å²) in [6, 6.07) is 4.01. The summed E-state index contributed by atoms with van der Waals surface area (Å²) in [5.41, 5.74) is 0. The standard InChI is InChI=1S/C10H8N2S/c1-2-6-11-10(12-7-3-1)9-5-4-8-13-9/h1-8H. The van der Waals surface area contributed by atoms with E-state index in [-0.39, 0.29) is 0 Å². The minimum absolute atomic E-state index is 0.774. The van der Waals surface area contributed by atoms with Crippen LogP contribution in [0.15, 0.2) is 51.9 Å². The lowest BCUT2D eigenvalue weighted by Gasteiger charge is -1.94. The molecule has 0 radical (unpaired) electrons. The number of hydrogen-bond donors (Lipinski definition) is 0. The maximum Gasteiger partial charge on any atom is 0.169 e. The Hall–Kier alpha value is -1.48. The van der Waals surface area contributed by atoms with Crippen LogP contribution in [0.4, 0.5) is 0 Å². The number of rotatable bonds is 1. The van der Waals surface area contributed by atoms with Gasteiger partial charge in [-0.05, 0) is 23.6 Å². The van der Waals surface area contributed by atoms with E-state index in [0.29, 0.717) is 0 Å². The summed E-state index contributed by atoms with van der Waals surface area (Å²) < 4.78 is 0. The Balaban J connectivity index is 2.33. The zero-order valence-electron chi connectivity index (χ0n) is 6.92. The van der Waals surface area contributed by atoms with E-state index in [4.69, 9.17) is 0 Å². The van der Waals surface area contributed by atoms with Gasteiger partial charge in [0, 0.05) is 12.4 Å². The van der Waals surface area contributed by atoms with E-state index < -0.39 is 0 Å². The highest BCUT2D eigenvalue weighted by Gasteiger charge is 2.00. The van der Waals surface area contributed by atoms with E-state index in [1.807, 2.05) is 35.7 Å². The van der Waals surface area contributed by atoms with Gasteiger partial charge in [-0.2, -0.15) is 0 Å². The fourth-order valence-corrected chi connectivity index (χ4v) is 1.63. The second kappa shape index (κ2) is 3.96. The van der Waals surface area contributed by atoms with E-state index in [0.717, 1.165) is 10.7 Å². The Kier molecular flexibility index (Phi) is 2.48. The Morgan fingerprint density at radius 2 is 2.15 bits per heavy atom. The molecule has 1 aliphatic rings. The number of amidine groups is 1. The highest BCUT2D eigenvalue weighted by atomic mass is 32.1. The molecule has 0 aliphatic carbocycles. The normalized spacial score (nSPS) is 15.2. The van der Waals surface area contributed by atoms with Crippen molar-refractivity contribution in [3.05, 3.63) is 46.8 Å². The first-order valence-corrected chi connectivity index (χ1v) is 4.82. The van der Waals surface area contributed by atoms with Crippen LogP contribution < -0.4 is 0 Å². The number of aliphatic imine (C=N–C) groups is 2. The van der Waals surface area contributed by atoms with Crippen molar-refractivity contribution in [1.29, 1.82) is 0 Å². The van der Waals surface area contributed by atoms with E-state index in [9.17, 15) is 0 Å². The summed E-state index contributed by atoms with van der Waals surface area (Å²) in [4.78, 5) is 9.54. The zero-order valence-corrected chi connectivity index (χ0v) is 7.74. The topological polar surface area (TPSA) is 24.7 Å². The van der Waals surface area contributed by atoms with Crippen molar-refractivity contribution in [2.75, 3.05) is 0 Å². The molecule has 2 rings (SSSR count). The SMILES string of the molecule is C1=CC=NC(c2cccs2)=NC=C1. The Morgan fingerprint density at radius 1 is 1.15 bits per heavy atom. The fraction of sp³-hybridized carbons (Fsp3) is 0. The first kappa shape index (κ1) is 8.13. The van der Waals surface area contributed by atoms with Crippen molar-refractivity contribution >= 4 is 23.4 Å². The van der Waals surface area contributed by atoms with Crippen LogP contribution in [0.3, 0.4) is 0 Å². The number of thiophene rings is 1. The molecule has 13 heavy (non-hydrogen) atoms. The third-order valence-electron chi connectivity index (χ3n) is 1.53. The van der Waals surface area contributed by atoms with Gasteiger partial charge < -0.3 is 0 Å². The van der Waals surface area contributed by atoms with Crippen molar-refractivity contribution in [3.63, 3.8) is 0 Å². The second-order valence-corrected chi connectivity index (χ2v) is 3.38. The van der Waals surface area contributed by atoms with Crippen molar-refractivity contribution in [2.24, 2.45) is 9.98 Å². The van der Waals surface area contributed by atoms with Gasteiger partial charge in [-0.1, -0.05) is 12.1 Å². The van der Waals surface area contributed by atoms with Crippen LogP contribution in [0.25, 0.3) is 0 Å². The van der Waals surface area contributed by atoms with Crippen LogP contribution in [0.2, 0.25) is 0 Å². The molecule has 0 spiro atoms. The molecule has 0 aromatic carbocycles. The zero-order chi connectivity index (χ0) is 8.93. The third kappa shape index (κ3) is 2.00. The summed E-state index contributed by atoms with van der Waals surface area (Å²) in [5, 5.41) is 2.02. The molecular formula is C10H8N2S. The van der Waals surface area contributed by atoms with Gasteiger partial charge in [0.15, 0.2) is 5.84 Å². The fourth-order valence-electron chi connectivity index (χ4n) is 0.957. The van der Waals surface area contributed by atoms with Gasteiger partial charge in [0.25, 0.3) is 0 Å². The molecule has 1 aliphatic heterocycles. The van der Waals surface area contributed by atoms with Crippen molar-refractivity contribution < 1.29 is 0 Å². The van der Waals surface area contributed by atoms with Crippen molar-refractivity contribution in [2.45, 2.75) is 0 Å². The predicted octanol–water partition coefficient (Wildman–Crippen LogP) is 2.65. The molecule has 0 bridgehead atoms. The quantitative estimate of drug-likeness (QED) is 0.647. The van der Waals surface area contributed by atoms with Gasteiger partial charge in [0.2, 0.25) is 0 Å². The van der Waals surface area contributed by atoms with E-state index >= 15 is 0 Å². The van der Waals surface area contributed by atoms with Crippen LogP contribution in [0, 0.1) is 0 Å². The smallest absolute Gasteiger partial charge is 0.169 e. The largest absolute Gasteiger partial charge is 0.236 e. The number of allylic oxidation sites excluding steroid dienone is 3. The van der Waals surface area contributed by atoms with Gasteiger partial charge in [-0.25, -0.2) is 9.98 Å². The predicted molar refractivity (Wildman–Crippen MR) is 57.6 cm³/mol. The molecular weight excluding hydrogens is 180 g/mol. The maximum absolute atomic E-state index is 4.22. The molecule has 0 saturated carbocycles. The maximum atomic E-state index is 4.22.